The highest BCUT2D eigenvalue weighted by Gasteiger charge is 2.28. The molecular weight excluding hydrogens is 345 g/mol. The second-order valence-corrected chi connectivity index (χ2v) is 6.98. The summed E-state index contributed by atoms with van der Waals surface area (Å²) in [4.78, 5) is 13.3. The average Bonchev–Trinajstić information content (AvgIpc) is 2.93. The molecule has 6 heteroatoms. The Morgan fingerprint density at radius 3 is 2.41 bits per heavy atom. The van der Waals surface area contributed by atoms with Crippen LogP contribution in [0, 0.1) is 5.82 Å². The number of hydrogen-bond donors (Lipinski definition) is 2. The summed E-state index contributed by atoms with van der Waals surface area (Å²) in [5, 5.41) is 14.1. The zero-order valence-electron chi connectivity index (χ0n) is 15.9. The molecule has 5 nitrogen and oxygen atoms in total. The molecule has 0 spiro atoms. The summed E-state index contributed by atoms with van der Waals surface area (Å²) < 4.78 is 17.2. The zero-order chi connectivity index (χ0) is 19.6. The largest absolute Gasteiger partial charge is 0.389 e. The van der Waals surface area contributed by atoms with Gasteiger partial charge in [-0.15, -0.1) is 0 Å². The van der Waals surface area contributed by atoms with Crippen LogP contribution < -0.4 is 11.0 Å². The van der Waals surface area contributed by atoms with Crippen molar-refractivity contribution in [3.63, 3.8) is 0 Å². The number of fused-ring (bicyclic) bond motifs is 1. The molecule has 1 heterocycles. The molecule has 0 saturated carbocycles. The van der Waals surface area contributed by atoms with E-state index in [0.717, 1.165) is 5.56 Å². The van der Waals surface area contributed by atoms with Gasteiger partial charge in [-0.05, 0) is 44.2 Å². The van der Waals surface area contributed by atoms with E-state index in [1.165, 1.54) is 16.7 Å². The number of aliphatic hydroxyl groups excluding tert-OH is 1. The molecule has 2 aromatic carbocycles. The number of likely N-dealkylation sites (N-methyl/N-ethyl adjacent to an activating group) is 1. The Kier molecular flexibility index (Phi) is 5.77. The summed E-state index contributed by atoms with van der Waals surface area (Å²) in [6.45, 7) is 6.82. The van der Waals surface area contributed by atoms with Crippen LogP contribution in [0.25, 0.3) is 11.0 Å². The lowest BCUT2D eigenvalue weighted by atomic mass is 10.0. The Labute approximate surface area is 158 Å². The summed E-state index contributed by atoms with van der Waals surface area (Å²) in [5.74, 6) is -0.412. The van der Waals surface area contributed by atoms with Crippen molar-refractivity contribution in [2.45, 2.75) is 39.0 Å². The predicted octanol–water partition coefficient (Wildman–Crippen LogP) is 3.08. The van der Waals surface area contributed by atoms with Crippen LogP contribution in [0.15, 0.2) is 53.3 Å². The van der Waals surface area contributed by atoms with Crippen LogP contribution in [0.1, 0.15) is 38.4 Å². The Bertz CT molecular complexity index is 963. The second-order valence-electron chi connectivity index (χ2n) is 6.98. The molecule has 0 unspecified atom stereocenters. The fourth-order valence-electron chi connectivity index (χ4n) is 3.58. The first-order chi connectivity index (χ1) is 13.0. The molecule has 144 valence electrons. The van der Waals surface area contributed by atoms with E-state index in [-0.39, 0.29) is 11.7 Å². The topological polar surface area (TPSA) is 59.2 Å². The molecule has 1 aromatic heterocycles. The van der Waals surface area contributed by atoms with Crippen LogP contribution in [-0.2, 0) is 0 Å². The lowest BCUT2D eigenvalue weighted by Gasteiger charge is -2.25. The van der Waals surface area contributed by atoms with Gasteiger partial charge in [0.25, 0.3) is 0 Å². The molecule has 2 N–H and O–H groups in total. The molecule has 3 rings (SSSR count). The van der Waals surface area contributed by atoms with E-state index >= 15 is 0 Å². The van der Waals surface area contributed by atoms with Gasteiger partial charge < -0.3 is 10.4 Å². The lowest BCUT2D eigenvalue weighted by Crippen LogP contribution is -2.39. The molecule has 0 aliphatic heterocycles. The third kappa shape index (κ3) is 3.68. The number of rotatable bonds is 7. The highest BCUT2D eigenvalue weighted by molar-refractivity contribution is 5.76. The van der Waals surface area contributed by atoms with Crippen molar-refractivity contribution in [2.24, 2.45) is 0 Å². The molecule has 3 aromatic rings. The van der Waals surface area contributed by atoms with Gasteiger partial charge in [0.2, 0.25) is 0 Å². The highest BCUT2D eigenvalue weighted by Crippen LogP contribution is 2.27. The number of aromatic nitrogens is 2. The first-order valence-corrected chi connectivity index (χ1v) is 9.31. The van der Waals surface area contributed by atoms with Crippen molar-refractivity contribution >= 4 is 11.0 Å². The third-order valence-corrected chi connectivity index (χ3v) is 4.77. The van der Waals surface area contributed by atoms with Gasteiger partial charge >= 0.3 is 5.69 Å². The molecule has 0 aliphatic rings. The van der Waals surface area contributed by atoms with Crippen LogP contribution in [-0.4, -0.2) is 33.4 Å². The van der Waals surface area contributed by atoms with Crippen molar-refractivity contribution in [3.05, 3.63) is 70.4 Å². The molecule has 0 fully saturated rings. The van der Waals surface area contributed by atoms with Gasteiger partial charge in [0.1, 0.15) is 5.82 Å². The minimum Gasteiger partial charge on any atom is -0.389 e. The SMILES string of the molecule is CCNC[C@H](O)[C@H](c1ccccc1)n1c(=O)n(C(C)C)c2ccc(F)cc21. The Balaban J connectivity index is 2.29. The van der Waals surface area contributed by atoms with Crippen molar-refractivity contribution in [1.82, 2.24) is 14.5 Å². The number of nitrogens with one attached hydrogen (secondary N) is 1. The molecule has 0 radical (unpaired) electrons. The molecule has 2 atom stereocenters. The summed E-state index contributed by atoms with van der Waals surface area (Å²) >= 11 is 0. The number of imidazole rings is 1. The summed E-state index contributed by atoms with van der Waals surface area (Å²) in [5.41, 5.74) is 1.69. The number of aliphatic hydroxyl groups is 1. The fraction of sp³-hybridized carbons (Fsp3) is 0.381. The van der Waals surface area contributed by atoms with E-state index in [9.17, 15) is 14.3 Å². The van der Waals surface area contributed by atoms with E-state index in [4.69, 9.17) is 0 Å². The molecule has 0 saturated heterocycles. The average molecular weight is 371 g/mol. The van der Waals surface area contributed by atoms with Crippen molar-refractivity contribution in [3.8, 4) is 0 Å². The highest BCUT2D eigenvalue weighted by atomic mass is 19.1. The van der Waals surface area contributed by atoms with Crippen LogP contribution in [0.2, 0.25) is 0 Å². The molecule has 0 amide bonds. The van der Waals surface area contributed by atoms with Gasteiger partial charge in [-0.3, -0.25) is 9.13 Å². The first-order valence-electron chi connectivity index (χ1n) is 9.31. The van der Waals surface area contributed by atoms with Crippen molar-refractivity contribution in [1.29, 1.82) is 0 Å². The van der Waals surface area contributed by atoms with Gasteiger partial charge in [-0.25, -0.2) is 9.18 Å². The summed E-state index contributed by atoms with van der Waals surface area (Å²) in [6, 6.07) is 13.0. The minimum atomic E-state index is -0.848. The maximum atomic E-state index is 14.0. The van der Waals surface area contributed by atoms with Crippen molar-refractivity contribution in [2.75, 3.05) is 13.1 Å². The Morgan fingerprint density at radius 2 is 1.78 bits per heavy atom. The van der Waals surface area contributed by atoms with Gasteiger partial charge in [-0.2, -0.15) is 0 Å². The Morgan fingerprint density at radius 1 is 1.07 bits per heavy atom. The number of nitrogens with zero attached hydrogens (tertiary/aromatic N) is 2. The lowest BCUT2D eigenvalue weighted by molar-refractivity contribution is 0.128. The van der Waals surface area contributed by atoms with E-state index in [1.807, 2.05) is 51.1 Å². The molecule has 0 bridgehead atoms. The second kappa shape index (κ2) is 8.06. The van der Waals surface area contributed by atoms with Gasteiger partial charge in [-0.1, -0.05) is 37.3 Å². The monoisotopic (exact) mass is 371 g/mol. The number of halogens is 1. The molecule has 27 heavy (non-hydrogen) atoms. The fourth-order valence-corrected chi connectivity index (χ4v) is 3.58. The smallest absolute Gasteiger partial charge is 0.330 e. The standard InChI is InChI=1S/C21H26FN3O2/c1-4-23-13-19(26)20(15-8-6-5-7-9-15)25-18-12-16(22)10-11-17(18)24(14(2)3)21(25)27/h5-12,14,19-20,23,26H,4,13H2,1-3H3/t19-,20-/m0/s1. The number of benzene rings is 2. The van der Waals surface area contributed by atoms with E-state index in [2.05, 4.69) is 5.32 Å². The predicted molar refractivity (Wildman–Crippen MR) is 106 cm³/mol. The van der Waals surface area contributed by atoms with Crippen molar-refractivity contribution < 1.29 is 9.50 Å². The Hall–Kier alpha value is -2.44. The molecular formula is C21H26FN3O2. The van der Waals surface area contributed by atoms with E-state index < -0.39 is 18.0 Å². The van der Waals surface area contributed by atoms with Gasteiger partial charge in [0.15, 0.2) is 0 Å². The molecule has 0 aliphatic carbocycles. The number of hydrogen-bond acceptors (Lipinski definition) is 3. The minimum absolute atomic E-state index is 0.0888. The quantitative estimate of drug-likeness (QED) is 0.671. The summed E-state index contributed by atoms with van der Waals surface area (Å²) in [7, 11) is 0. The van der Waals surface area contributed by atoms with E-state index in [1.54, 1.807) is 10.6 Å². The maximum Gasteiger partial charge on any atom is 0.330 e. The third-order valence-electron chi connectivity index (χ3n) is 4.77. The van der Waals surface area contributed by atoms with Gasteiger partial charge in [0.05, 0.1) is 23.2 Å². The van der Waals surface area contributed by atoms with Crippen LogP contribution in [0.3, 0.4) is 0 Å². The maximum absolute atomic E-state index is 14.0. The normalized spacial score (nSPS) is 14.0. The first kappa shape index (κ1) is 19.3. The van der Waals surface area contributed by atoms with Crippen LogP contribution in [0.5, 0.6) is 0 Å². The zero-order valence-corrected chi connectivity index (χ0v) is 15.9. The van der Waals surface area contributed by atoms with E-state index in [0.29, 0.717) is 24.1 Å². The van der Waals surface area contributed by atoms with Gasteiger partial charge in [0, 0.05) is 12.6 Å². The van der Waals surface area contributed by atoms with Crippen LogP contribution in [0.4, 0.5) is 4.39 Å². The summed E-state index contributed by atoms with van der Waals surface area (Å²) in [6.07, 6.45) is -0.848. The van der Waals surface area contributed by atoms with Crippen LogP contribution >= 0.6 is 0 Å².